The van der Waals surface area contributed by atoms with Crippen LogP contribution in [-0.4, -0.2) is 47.2 Å². The molecular weight excluding hydrogens is 556 g/mol. The highest BCUT2D eigenvalue weighted by molar-refractivity contribution is 7.89. The van der Waals surface area contributed by atoms with Crippen molar-refractivity contribution < 1.29 is 31.9 Å². The average molecular weight is 591 g/mol. The summed E-state index contributed by atoms with van der Waals surface area (Å²) in [6.07, 6.45) is 3.84. The molecule has 42 heavy (non-hydrogen) atoms. The van der Waals surface area contributed by atoms with E-state index in [0.29, 0.717) is 17.9 Å². The van der Waals surface area contributed by atoms with Crippen LogP contribution in [0.1, 0.15) is 35.5 Å². The number of benzene rings is 3. The van der Waals surface area contributed by atoms with Crippen LogP contribution in [0.4, 0.5) is 5.69 Å². The summed E-state index contributed by atoms with van der Waals surface area (Å²) in [7, 11) is -1.10. The summed E-state index contributed by atoms with van der Waals surface area (Å²) in [5.41, 5.74) is 4.49. The van der Waals surface area contributed by atoms with Gasteiger partial charge in [0.1, 0.15) is 11.6 Å². The smallest absolute Gasteiger partial charge is 0.324 e. The van der Waals surface area contributed by atoms with E-state index < -0.39 is 22.0 Å². The maximum absolute atomic E-state index is 13.1. The van der Waals surface area contributed by atoms with Gasteiger partial charge in [0.05, 0.1) is 18.6 Å². The molecule has 4 aromatic rings. The number of rotatable bonds is 11. The van der Waals surface area contributed by atoms with Crippen molar-refractivity contribution in [3.63, 3.8) is 0 Å². The van der Waals surface area contributed by atoms with Crippen molar-refractivity contribution in [3.05, 3.63) is 89.7 Å². The molecule has 0 bridgehead atoms. The van der Waals surface area contributed by atoms with Gasteiger partial charge in [-0.25, -0.2) is 8.42 Å². The summed E-state index contributed by atoms with van der Waals surface area (Å²) in [5, 5.41) is 3.76. The van der Waals surface area contributed by atoms with E-state index >= 15 is 0 Å². The number of methoxy groups -OCH3 is 2. The van der Waals surface area contributed by atoms with Gasteiger partial charge < -0.3 is 19.2 Å². The van der Waals surface area contributed by atoms with Gasteiger partial charge >= 0.3 is 5.97 Å². The molecule has 10 heteroatoms. The number of furan rings is 1. The summed E-state index contributed by atoms with van der Waals surface area (Å²) < 4.78 is 43.9. The molecule has 4 rings (SSSR count). The molecule has 220 valence electrons. The first kappa shape index (κ1) is 30.7. The van der Waals surface area contributed by atoms with Crippen LogP contribution in [0.5, 0.6) is 0 Å². The van der Waals surface area contributed by atoms with E-state index in [-0.39, 0.29) is 22.5 Å². The summed E-state index contributed by atoms with van der Waals surface area (Å²) in [6.45, 7) is 5.80. The Morgan fingerprint density at radius 2 is 1.60 bits per heavy atom. The molecule has 0 fully saturated rings. The second-order valence-corrected chi connectivity index (χ2v) is 11.8. The molecule has 2 N–H and O–H groups in total. The Bertz CT molecular complexity index is 1700. The van der Waals surface area contributed by atoms with Gasteiger partial charge in [-0.05, 0) is 59.9 Å². The molecule has 0 unspecified atom stereocenters. The van der Waals surface area contributed by atoms with Crippen LogP contribution in [0.15, 0.2) is 82.1 Å². The lowest BCUT2D eigenvalue weighted by Crippen LogP contribution is -2.44. The lowest BCUT2D eigenvalue weighted by atomic mass is 10.0. The first-order valence-corrected chi connectivity index (χ1v) is 14.8. The van der Waals surface area contributed by atoms with E-state index in [0.717, 1.165) is 27.6 Å². The predicted octanol–water partition coefficient (Wildman–Crippen LogP) is 5.80. The number of aryl methyl sites for hydroxylation is 1. The van der Waals surface area contributed by atoms with E-state index in [1.807, 2.05) is 49.4 Å². The Labute approximate surface area is 245 Å². The number of ether oxygens (including phenoxy) is 2. The molecule has 0 saturated heterocycles. The Morgan fingerprint density at radius 3 is 2.19 bits per heavy atom. The third kappa shape index (κ3) is 6.79. The van der Waals surface area contributed by atoms with E-state index in [4.69, 9.17) is 13.9 Å². The Kier molecular flexibility index (Phi) is 9.62. The van der Waals surface area contributed by atoms with Crippen LogP contribution in [0, 0.1) is 12.8 Å². The number of esters is 1. The van der Waals surface area contributed by atoms with Crippen LogP contribution < -0.4 is 10.0 Å². The normalized spacial score (nSPS) is 12.6. The van der Waals surface area contributed by atoms with Gasteiger partial charge in [-0.3, -0.25) is 9.59 Å². The van der Waals surface area contributed by atoms with Crippen molar-refractivity contribution in [1.82, 2.24) is 4.72 Å². The van der Waals surface area contributed by atoms with Crippen LogP contribution in [-0.2, 0) is 24.3 Å². The van der Waals surface area contributed by atoms with Gasteiger partial charge in [0.25, 0.3) is 5.91 Å². The first-order valence-electron chi connectivity index (χ1n) is 13.3. The van der Waals surface area contributed by atoms with Crippen LogP contribution in [0.2, 0.25) is 0 Å². The number of sulfonamides is 1. The number of amides is 1. The maximum atomic E-state index is 13.1. The quantitative estimate of drug-likeness (QED) is 0.212. The molecule has 1 heterocycles. The fourth-order valence-electron chi connectivity index (χ4n) is 4.54. The SMILES string of the molecule is COC/C=C\c1cccc2oc(C(=O)Nc3ccc(-c4ccc(S(=O)(=O)N[C@H](C(=O)OC)C(C)C)cc4)cc3)c(C)c12. The van der Waals surface area contributed by atoms with Crippen molar-refractivity contribution in [2.75, 3.05) is 26.1 Å². The van der Waals surface area contributed by atoms with Crippen molar-refractivity contribution >= 4 is 44.6 Å². The largest absolute Gasteiger partial charge is 0.468 e. The topological polar surface area (TPSA) is 124 Å². The van der Waals surface area contributed by atoms with Gasteiger partial charge in [0.2, 0.25) is 10.0 Å². The highest BCUT2D eigenvalue weighted by Crippen LogP contribution is 2.30. The predicted molar refractivity (Wildman–Crippen MR) is 163 cm³/mol. The summed E-state index contributed by atoms with van der Waals surface area (Å²) >= 11 is 0. The van der Waals surface area contributed by atoms with E-state index in [1.165, 1.54) is 19.2 Å². The third-order valence-electron chi connectivity index (χ3n) is 6.80. The fourth-order valence-corrected chi connectivity index (χ4v) is 5.87. The zero-order chi connectivity index (χ0) is 30.4. The Morgan fingerprint density at radius 1 is 0.952 bits per heavy atom. The second kappa shape index (κ2) is 13.2. The number of carbonyl (C=O) groups excluding carboxylic acids is 2. The molecule has 0 spiro atoms. The Balaban J connectivity index is 1.48. The lowest BCUT2D eigenvalue weighted by Gasteiger charge is -2.19. The summed E-state index contributed by atoms with van der Waals surface area (Å²) in [4.78, 5) is 25.1. The third-order valence-corrected chi connectivity index (χ3v) is 8.25. The van der Waals surface area contributed by atoms with E-state index in [2.05, 4.69) is 10.0 Å². The zero-order valence-electron chi connectivity index (χ0n) is 24.1. The summed E-state index contributed by atoms with van der Waals surface area (Å²) in [6, 6.07) is 18.2. The molecule has 1 atom stereocenters. The number of hydrogen-bond donors (Lipinski definition) is 2. The van der Waals surface area contributed by atoms with Gasteiger partial charge in [-0.1, -0.05) is 62.4 Å². The number of fused-ring (bicyclic) bond motifs is 1. The minimum absolute atomic E-state index is 0.0308. The molecule has 0 saturated carbocycles. The standard InChI is InChI=1S/C32H34N2O7S/c1-20(2)29(32(36)40-5)34-42(37,38)26-17-13-23(14-18-26)22-11-15-25(16-12-22)33-31(35)30-21(3)28-24(9-7-19-39-4)8-6-10-27(28)41-30/h6-18,20,29,34H,19H2,1-5H3,(H,33,35)/b9-7-/t29-/m0/s1. The van der Waals surface area contributed by atoms with Crippen LogP contribution in [0.3, 0.4) is 0 Å². The molecule has 0 aliphatic carbocycles. The van der Waals surface area contributed by atoms with Crippen LogP contribution in [0.25, 0.3) is 28.2 Å². The molecule has 1 aromatic heterocycles. The molecular formula is C32H34N2O7S. The van der Waals surface area contributed by atoms with Crippen molar-refractivity contribution in [2.45, 2.75) is 31.7 Å². The van der Waals surface area contributed by atoms with Crippen molar-refractivity contribution in [1.29, 1.82) is 0 Å². The van der Waals surface area contributed by atoms with E-state index in [1.54, 1.807) is 45.2 Å². The number of anilines is 1. The van der Waals surface area contributed by atoms with Gasteiger partial charge in [0.15, 0.2) is 5.76 Å². The first-order chi connectivity index (χ1) is 20.1. The number of carbonyl (C=O) groups is 2. The Hall–Kier alpha value is -4.25. The van der Waals surface area contributed by atoms with Crippen LogP contribution >= 0.6 is 0 Å². The number of hydrogen-bond acceptors (Lipinski definition) is 7. The monoisotopic (exact) mass is 590 g/mol. The second-order valence-electron chi connectivity index (χ2n) is 10.1. The zero-order valence-corrected chi connectivity index (χ0v) is 24.9. The number of nitrogens with one attached hydrogen (secondary N) is 2. The van der Waals surface area contributed by atoms with E-state index in [9.17, 15) is 18.0 Å². The molecule has 0 aliphatic heterocycles. The average Bonchev–Trinajstić information content (AvgIpc) is 3.33. The fraction of sp³-hybridized carbons (Fsp3) is 0.250. The van der Waals surface area contributed by atoms with Crippen molar-refractivity contribution in [3.8, 4) is 11.1 Å². The molecule has 0 radical (unpaired) electrons. The van der Waals surface area contributed by atoms with Gasteiger partial charge in [-0.15, -0.1) is 0 Å². The highest BCUT2D eigenvalue weighted by atomic mass is 32.2. The minimum atomic E-state index is -3.94. The molecule has 9 nitrogen and oxygen atoms in total. The maximum Gasteiger partial charge on any atom is 0.324 e. The van der Waals surface area contributed by atoms with Crippen molar-refractivity contribution in [2.24, 2.45) is 5.92 Å². The lowest BCUT2D eigenvalue weighted by molar-refractivity contribution is -0.143. The highest BCUT2D eigenvalue weighted by Gasteiger charge is 2.29. The summed E-state index contributed by atoms with van der Waals surface area (Å²) in [5.74, 6) is -1.06. The van der Waals surface area contributed by atoms with Gasteiger partial charge in [0, 0.05) is 23.7 Å². The van der Waals surface area contributed by atoms with Gasteiger partial charge in [-0.2, -0.15) is 4.72 Å². The minimum Gasteiger partial charge on any atom is -0.468 e. The molecule has 3 aromatic carbocycles. The molecule has 1 amide bonds. The molecule has 0 aliphatic rings.